The van der Waals surface area contributed by atoms with Crippen molar-refractivity contribution in [1.29, 1.82) is 0 Å². The van der Waals surface area contributed by atoms with E-state index in [1.165, 1.54) is 12.1 Å². The summed E-state index contributed by atoms with van der Waals surface area (Å²) in [6, 6.07) is 3.75. The van der Waals surface area contributed by atoms with Crippen LogP contribution in [0.1, 0.15) is 6.92 Å². The highest BCUT2D eigenvalue weighted by Gasteiger charge is 2.30. The van der Waals surface area contributed by atoms with Gasteiger partial charge in [-0.2, -0.15) is 0 Å². The quantitative estimate of drug-likeness (QED) is 0.734. The molecule has 0 unspecified atom stereocenters. The minimum absolute atomic E-state index is 0.0147. The summed E-state index contributed by atoms with van der Waals surface area (Å²) < 4.78 is 55.5. The van der Waals surface area contributed by atoms with Crippen molar-refractivity contribution in [2.45, 2.75) is 11.8 Å². The number of ether oxygens (including phenoxy) is 1. The molecule has 0 bridgehead atoms. The Labute approximate surface area is 127 Å². The number of carbonyl (C=O) groups is 1. The number of aliphatic imine (C=N–C) groups is 1. The van der Waals surface area contributed by atoms with Crippen LogP contribution in [0.5, 0.6) is 0 Å². The number of rotatable bonds is 4. The van der Waals surface area contributed by atoms with Crippen LogP contribution in [0.4, 0.5) is 11.4 Å². The molecule has 1 aromatic rings. The van der Waals surface area contributed by atoms with Gasteiger partial charge in [-0.15, -0.1) is 0 Å². The number of esters is 1. The molecule has 2 rings (SSSR count). The van der Waals surface area contributed by atoms with Gasteiger partial charge in [0, 0.05) is 5.69 Å². The Morgan fingerprint density at radius 2 is 2.09 bits per heavy atom. The topological polar surface area (TPSA) is 131 Å². The second-order valence-corrected chi connectivity index (χ2v) is 7.74. The summed E-state index contributed by atoms with van der Waals surface area (Å²) in [5, 5.41) is 0. The van der Waals surface area contributed by atoms with Gasteiger partial charge >= 0.3 is 5.97 Å². The van der Waals surface area contributed by atoms with Gasteiger partial charge < -0.3 is 4.74 Å². The molecular formula is C11H13N3O6S2. The molecule has 0 spiro atoms. The maximum atomic E-state index is 12.1. The van der Waals surface area contributed by atoms with Gasteiger partial charge in [-0.05, 0) is 25.1 Å². The van der Waals surface area contributed by atoms with E-state index in [2.05, 4.69) is 9.71 Å². The summed E-state index contributed by atoms with van der Waals surface area (Å²) in [4.78, 5) is 15.2. The van der Waals surface area contributed by atoms with Crippen molar-refractivity contribution in [3.63, 3.8) is 0 Å². The summed E-state index contributed by atoms with van der Waals surface area (Å²) >= 11 is 0. The van der Waals surface area contributed by atoms with E-state index in [0.29, 0.717) is 0 Å². The van der Waals surface area contributed by atoms with Crippen LogP contribution in [0.15, 0.2) is 28.1 Å². The minimum atomic E-state index is -4.05. The molecule has 2 N–H and O–H groups in total. The van der Waals surface area contributed by atoms with Crippen molar-refractivity contribution in [2.24, 2.45) is 4.99 Å². The zero-order valence-electron chi connectivity index (χ0n) is 11.7. The van der Waals surface area contributed by atoms with E-state index in [4.69, 9.17) is 4.74 Å². The second kappa shape index (κ2) is 5.57. The molecule has 0 saturated heterocycles. The van der Waals surface area contributed by atoms with Gasteiger partial charge in [0.25, 0.3) is 10.0 Å². The molecule has 11 heteroatoms. The molecule has 0 fully saturated rings. The van der Waals surface area contributed by atoms with Crippen molar-refractivity contribution in [2.75, 3.05) is 17.6 Å². The van der Waals surface area contributed by atoms with Gasteiger partial charge in [-0.25, -0.2) is 26.6 Å². The van der Waals surface area contributed by atoms with E-state index < -0.39 is 31.9 Å². The third kappa shape index (κ3) is 3.54. The maximum Gasteiger partial charge on any atom is 0.375 e. The molecule has 1 heterocycles. The zero-order chi connectivity index (χ0) is 16.5. The summed E-state index contributed by atoms with van der Waals surface area (Å²) in [6.07, 6.45) is 0.941. The van der Waals surface area contributed by atoms with Crippen LogP contribution in [-0.2, 0) is 29.6 Å². The second-order valence-electron chi connectivity index (χ2n) is 4.34. The van der Waals surface area contributed by atoms with Crippen molar-refractivity contribution in [3.05, 3.63) is 18.2 Å². The highest BCUT2D eigenvalue weighted by Crippen LogP contribution is 2.30. The molecule has 0 aliphatic carbocycles. The Bertz CT molecular complexity index is 858. The van der Waals surface area contributed by atoms with Crippen LogP contribution >= 0.6 is 0 Å². The lowest BCUT2D eigenvalue weighted by Gasteiger charge is -2.17. The van der Waals surface area contributed by atoms with Crippen molar-refractivity contribution >= 4 is 43.2 Å². The smallest absolute Gasteiger partial charge is 0.375 e. The third-order valence-electron chi connectivity index (χ3n) is 2.48. The number of hydrogen-bond acceptors (Lipinski definition) is 7. The Morgan fingerprint density at radius 1 is 1.41 bits per heavy atom. The normalized spacial score (nSPS) is 16.0. The average molecular weight is 347 g/mol. The molecule has 0 amide bonds. The number of hydrogen-bond donors (Lipinski definition) is 2. The van der Waals surface area contributed by atoms with E-state index in [1.54, 1.807) is 6.92 Å². The van der Waals surface area contributed by atoms with E-state index in [0.717, 1.165) is 12.3 Å². The number of nitrogens with one attached hydrogen (secondary N) is 2. The molecule has 22 heavy (non-hydrogen) atoms. The van der Waals surface area contributed by atoms with Crippen LogP contribution in [0.25, 0.3) is 0 Å². The number of fused-ring (bicyclic) bond motifs is 1. The van der Waals surface area contributed by atoms with E-state index in [9.17, 15) is 21.6 Å². The van der Waals surface area contributed by atoms with Gasteiger partial charge in [0.15, 0.2) is 0 Å². The molecule has 1 aromatic carbocycles. The van der Waals surface area contributed by atoms with E-state index in [1.807, 2.05) is 4.72 Å². The summed E-state index contributed by atoms with van der Waals surface area (Å²) in [5.74, 6) is -1.34. The van der Waals surface area contributed by atoms with Gasteiger partial charge in [-0.3, -0.25) is 9.44 Å². The van der Waals surface area contributed by atoms with Crippen LogP contribution in [0.3, 0.4) is 0 Å². The van der Waals surface area contributed by atoms with Gasteiger partial charge in [0.05, 0.1) is 18.6 Å². The number of carbonyl (C=O) groups excluding carboxylic acids is 1. The Morgan fingerprint density at radius 3 is 2.68 bits per heavy atom. The fourth-order valence-corrected chi connectivity index (χ4v) is 3.43. The number of sulfonamides is 2. The van der Waals surface area contributed by atoms with Crippen molar-refractivity contribution in [3.8, 4) is 0 Å². The molecule has 1 aliphatic rings. The predicted molar refractivity (Wildman–Crippen MR) is 79.0 cm³/mol. The number of amidine groups is 1. The Balaban J connectivity index is 2.49. The number of nitrogens with zero attached hydrogens (tertiary/aromatic N) is 1. The fraction of sp³-hybridized carbons (Fsp3) is 0.273. The summed E-state index contributed by atoms with van der Waals surface area (Å²) in [5.41, 5.74) is 0.0854. The predicted octanol–water partition coefficient (Wildman–Crippen LogP) is -0.0569. The molecule has 0 radical (unpaired) electrons. The monoisotopic (exact) mass is 347 g/mol. The lowest BCUT2D eigenvalue weighted by molar-refractivity contribution is -0.135. The molecule has 0 saturated carbocycles. The first-order chi connectivity index (χ1) is 10.1. The standard InChI is InChI=1S/C11H13N3O6S2/c1-3-20-11(15)10-12-8-5-4-7(13-21(2,16)17)6-9(8)22(18,19)14-10/h4-6,13H,3H2,1-2H3,(H,12,14). The Kier molecular flexibility index (Phi) is 4.11. The molecule has 120 valence electrons. The van der Waals surface area contributed by atoms with Crippen LogP contribution in [0, 0.1) is 0 Å². The molecule has 9 nitrogen and oxygen atoms in total. The van der Waals surface area contributed by atoms with Crippen molar-refractivity contribution < 1.29 is 26.4 Å². The zero-order valence-corrected chi connectivity index (χ0v) is 13.3. The van der Waals surface area contributed by atoms with Gasteiger partial charge in [0.2, 0.25) is 15.9 Å². The van der Waals surface area contributed by atoms with Gasteiger partial charge in [0.1, 0.15) is 4.90 Å². The first-order valence-corrected chi connectivity index (χ1v) is 9.40. The van der Waals surface area contributed by atoms with Crippen LogP contribution in [-0.4, -0.2) is 41.5 Å². The SMILES string of the molecule is CCOC(=O)C1=Nc2ccc(NS(C)(=O)=O)cc2S(=O)(=O)N1. The highest BCUT2D eigenvalue weighted by molar-refractivity contribution is 7.92. The van der Waals surface area contributed by atoms with E-state index >= 15 is 0 Å². The largest absolute Gasteiger partial charge is 0.460 e. The number of anilines is 1. The minimum Gasteiger partial charge on any atom is -0.460 e. The lowest BCUT2D eigenvalue weighted by Crippen LogP contribution is -2.39. The first kappa shape index (κ1) is 16.2. The van der Waals surface area contributed by atoms with Gasteiger partial charge in [-0.1, -0.05) is 0 Å². The summed E-state index contributed by atoms with van der Waals surface area (Å²) in [6.45, 7) is 1.65. The van der Waals surface area contributed by atoms with Crippen LogP contribution in [0.2, 0.25) is 0 Å². The average Bonchev–Trinajstić information content (AvgIpc) is 2.37. The molecule has 1 aliphatic heterocycles. The highest BCUT2D eigenvalue weighted by atomic mass is 32.2. The summed E-state index contributed by atoms with van der Waals surface area (Å²) in [7, 11) is -7.60. The van der Waals surface area contributed by atoms with Crippen molar-refractivity contribution in [1.82, 2.24) is 4.72 Å². The maximum absolute atomic E-state index is 12.1. The molecular weight excluding hydrogens is 334 g/mol. The fourth-order valence-electron chi connectivity index (χ4n) is 1.71. The lowest BCUT2D eigenvalue weighted by atomic mass is 10.3. The van der Waals surface area contributed by atoms with Crippen LogP contribution < -0.4 is 9.44 Å². The third-order valence-corrected chi connectivity index (χ3v) is 4.46. The molecule has 0 aromatic heterocycles. The Hall–Kier alpha value is -2.14. The molecule has 0 atom stereocenters. The number of benzene rings is 1. The first-order valence-electron chi connectivity index (χ1n) is 6.03. The van der Waals surface area contributed by atoms with E-state index in [-0.39, 0.29) is 22.9 Å².